The van der Waals surface area contributed by atoms with Crippen LogP contribution in [0.1, 0.15) is 0 Å². The lowest BCUT2D eigenvalue weighted by molar-refractivity contribution is 1.38. The molecule has 0 amide bonds. The quantitative estimate of drug-likeness (QED) is 0.725. The minimum atomic E-state index is 0.700. The van der Waals surface area contributed by atoms with Gasteiger partial charge in [-0.1, -0.05) is 17.4 Å². The van der Waals surface area contributed by atoms with Crippen molar-refractivity contribution < 1.29 is 0 Å². The van der Waals surface area contributed by atoms with Gasteiger partial charge in [0.2, 0.25) is 0 Å². The zero-order chi connectivity index (χ0) is 11.7. The summed E-state index contributed by atoms with van der Waals surface area (Å²) < 4.78 is 0. The number of nitrogen functional groups attached to an aromatic ring is 1. The van der Waals surface area contributed by atoms with Crippen molar-refractivity contribution in [2.24, 2.45) is 0 Å². The smallest absolute Gasteiger partial charge is 0.189 e. The van der Waals surface area contributed by atoms with Crippen LogP contribution in [0.25, 0.3) is 10.9 Å². The average Bonchev–Trinajstić information content (AvgIpc) is 2.75. The number of thiazole rings is 1. The number of aromatic nitrogens is 2. The third-order valence-electron chi connectivity index (χ3n) is 2.41. The topological polar surface area (TPSA) is 63.8 Å². The van der Waals surface area contributed by atoms with Crippen molar-refractivity contribution in [3.63, 3.8) is 0 Å². The molecular formula is C12H10N4S. The van der Waals surface area contributed by atoms with Gasteiger partial charge in [0, 0.05) is 17.3 Å². The molecule has 0 unspecified atom stereocenters. The standard InChI is InChI=1S/C12H10N4S/c13-11-7-15-12(17-11)16-10-5-1-4-9-8(10)3-2-6-14-9/h1-7H,13H2,(H,15,16). The Morgan fingerprint density at radius 1 is 1.12 bits per heavy atom. The van der Waals surface area contributed by atoms with Crippen LogP contribution in [-0.2, 0) is 0 Å². The molecule has 0 aliphatic rings. The summed E-state index contributed by atoms with van der Waals surface area (Å²) >= 11 is 1.43. The van der Waals surface area contributed by atoms with Gasteiger partial charge in [-0.05, 0) is 24.3 Å². The number of anilines is 3. The second-order valence-electron chi connectivity index (χ2n) is 3.57. The van der Waals surface area contributed by atoms with Gasteiger partial charge >= 0.3 is 0 Å². The highest BCUT2D eigenvalue weighted by Gasteiger charge is 2.03. The Balaban J connectivity index is 2.05. The van der Waals surface area contributed by atoms with Gasteiger partial charge in [-0.2, -0.15) is 0 Å². The first-order chi connectivity index (χ1) is 8.33. The average molecular weight is 242 g/mol. The van der Waals surface area contributed by atoms with Crippen LogP contribution < -0.4 is 11.1 Å². The van der Waals surface area contributed by atoms with E-state index in [0.717, 1.165) is 21.7 Å². The van der Waals surface area contributed by atoms with Crippen molar-refractivity contribution in [2.75, 3.05) is 11.1 Å². The molecule has 3 rings (SSSR count). The second-order valence-corrected chi connectivity index (χ2v) is 4.63. The van der Waals surface area contributed by atoms with Gasteiger partial charge in [0.25, 0.3) is 0 Å². The minimum absolute atomic E-state index is 0.700. The molecule has 0 spiro atoms. The molecule has 17 heavy (non-hydrogen) atoms. The van der Waals surface area contributed by atoms with E-state index >= 15 is 0 Å². The van der Waals surface area contributed by atoms with Crippen molar-refractivity contribution >= 4 is 38.1 Å². The van der Waals surface area contributed by atoms with E-state index in [-0.39, 0.29) is 0 Å². The first-order valence-corrected chi connectivity index (χ1v) is 5.97. The highest BCUT2D eigenvalue weighted by atomic mass is 32.1. The van der Waals surface area contributed by atoms with E-state index < -0.39 is 0 Å². The first-order valence-electron chi connectivity index (χ1n) is 5.15. The maximum Gasteiger partial charge on any atom is 0.189 e. The molecule has 0 bridgehead atoms. The van der Waals surface area contributed by atoms with Crippen LogP contribution in [0.4, 0.5) is 15.8 Å². The predicted octanol–water partition coefficient (Wildman–Crippen LogP) is 3.02. The Morgan fingerprint density at radius 2 is 2.06 bits per heavy atom. The number of fused-ring (bicyclic) bond motifs is 1. The number of nitrogens with zero attached hydrogens (tertiary/aromatic N) is 2. The molecule has 84 valence electrons. The molecule has 1 aromatic carbocycles. The Morgan fingerprint density at radius 3 is 2.88 bits per heavy atom. The van der Waals surface area contributed by atoms with Crippen LogP contribution in [0.5, 0.6) is 0 Å². The summed E-state index contributed by atoms with van der Waals surface area (Å²) in [6.07, 6.45) is 3.43. The molecule has 0 saturated carbocycles. The van der Waals surface area contributed by atoms with E-state index in [9.17, 15) is 0 Å². The molecule has 0 atom stereocenters. The van der Waals surface area contributed by atoms with Crippen molar-refractivity contribution in [1.82, 2.24) is 9.97 Å². The van der Waals surface area contributed by atoms with E-state index in [0.29, 0.717) is 5.00 Å². The molecule has 4 nitrogen and oxygen atoms in total. The third-order valence-corrected chi connectivity index (χ3v) is 3.15. The summed E-state index contributed by atoms with van der Waals surface area (Å²) in [5, 5.41) is 5.82. The second kappa shape index (κ2) is 4.03. The molecule has 0 fully saturated rings. The molecule has 3 N–H and O–H groups in total. The number of rotatable bonds is 2. The number of benzene rings is 1. The van der Waals surface area contributed by atoms with Gasteiger partial charge in [-0.25, -0.2) is 4.98 Å². The fourth-order valence-corrected chi connectivity index (χ4v) is 2.27. The maximum absolute atomic E-state index is 5.65. The van der Waals surface area contributed by atoms with E-state index in [4.69, 9.17) is 5.73 Å². The number of nitrogens with one attached hydrogen (secondary N) is 1. The van der Waals surface area contributed by atoms with Crippen molar-refractivity contribution in [3.05, 3.63) is 42.7 Å². The van der Waals surface area contributed by atoms with Gasteiger partial charge in [0.05, 0.1) is 11.7 Å². The van der Waals surface area contributed by atoms with E-state index in [1.54, 1.807) is 12.4 Å². The molecule has 0 aliphatic heterocycles. The van der Waals surface area contributed by atoms with Crippen molar-refractivity contribution in [3.8, 4) is 0 Å². The van der Waals surface area contributed by atoms with Crippen molar-refractivity contribution in [2.45, 2.75) is 0 Å². The Hall–Kier alpha value is -2.14. The molecule has 2 heterocycles. The molecule has 0 radical (unpaired) electrons. The van der Waals surface area contributed by atoms with E-state index in [1.807, 2.05) is 30.3 Å². The van der Waals surface area contributed by atoms with Gasteiger partial charge in [-0.15, -0.1) is 0 Å². The van der Waals surface area contributed by atoms with Crippen LogP contribution in [0.2, 0.25) is 0 Å². The summed E-state index contributed by atoms with van der Waals surface area (Å²) in [6, 6.07) is 9.90. The van der Waals surface area contributed by atoms with Crippen LogP contribution in [-0.4, -0.2) is 9.97 Å². The molecular weight excluding hydrogens is 232 g/mol. The predicted molar refractivity (Wildman–Crippen MR) is 71.6 cm³/mol. The van der Waals surface area contributed by atoms with Crippen LogP contribution in [0.15, 0.2) is 42.7 Å². The number of pyridine rings is 1. The fourth-order valence-electron chi connectivity index (χ4n) is 1.67. The van der Waals surface area contributed by atoms with Gasteiger partial charge < -0.3 is 11.1 Å². The molecule has 2 aromatic heterocycles. The first kappa shape index (κ1) is 10.0. The summed E-state index contributed by atoms with van der Waals surface area (Å²) in [6.45, 7) is 0. The van der Waals surface area contributed by atoms with Gasteiger partial charge in [0.1, 0.15) is 5.00 Å². The number of nitrogens with two attached hydrogens (primary N) is 1. The summed E-state index contributed by atoms with van der Waals surface area (Å²) in [7, 11) is 0. The Labute approximate surface area is 102 Å². The molecule has 3 aromatic rings. The van der Waals surface area contributed by atoms with Crippen LogP contribution >= 0.6 is 11.3 Å². The summed E-state index contributed by atoms with van der Waals surface area (Å²) in [4.78, 5) is 8.49. The monoisotopic (exact) mass is 242 g/mol. The lowest BCUT2D eigenvalue weighted by Crippen LogP contribution is -1.90. The number of hydrogen-bond acceptors (Lipinski definition) is 5. The molecule has 0 aliphatic carbocycles. The number of hydrogen-bond donors (Lipinski definition) is 2. The van der Waals surface area contributed by atoms with E-state index in [2.05, 4.69) is 15.3 Å². The highest BCUT2D eigenvalue weighted by molar-refractivity contribution is 7.19. The lowest BCUT2D eigenvalue weighted by Gasteiger charge is -2.05. The zero-order valence-corrected chi connectivity index (χ0v) is 9.74. The van der Waals surface area contributed by atoms with Gasteiger partial charge in [0.15, 0.2) is 5.13 Å². The summed E-state index contributed by atoms with van der Waals surface area (Å²) in [5.74, 6) is 0. The lowest BCUT2D eigenvalue weighted by atomic mass is 10.2. The minimum Gasteiger partial charge on any atom is -0.389 e. The fraction of sp³-hybridized carbons (Fsp3) is 0. The SMILES string of the molecule is Nc1cnc(Nc2cccc3ncccc23)s1. The highest BCUT2D eigenvalue weighted by Crippen LogP contribution is 2.28. The maximum atomic E-state index is 5.65. The third kappa shape index (κ3) is 1.92. The normalized spacial score (nSPS) is 10.6. The Kier molecular flexibility index (Phi) is 2.38. The zero-order valence-electron chi connectivity index (χ0n) is 8.92. The molecule has 0 saturated heterocycles. The van der Waals surface area contributed by atoms with Crippen LogP contribution in [0.3, 0.4) is 0 Å². The van der Waals surface area contributed by atoms with Gasteiger partial charge in [-0.3, -0.25) is 4.98 Å². The van der Waals surface area contributed by atoms with E-state index in [1.165, 1.54) is 11.3 Å². The van der Waals surface area contributed by atoms with Crippen molar-refractivity contribution in [1.29, 1.82) is 0 Å². The largest absolute Gasteiger partial charge is 0.389 e. The van der Waals surface area contributed by atoms with Crippen LogP contribution in [0, 0.1) is 0 Å². The summed E-state index contributed by atoms with van der Waals surface area (Å²) in [5.41, 5.74) is 7.60. The Bertz CT molecular complexity index is 657. The molecule has 5 heteroatoms.